The maximum Gasteiger partial charge on any atom is 0.385 e. The molecule has 0 bridgehead atoms. The number of nitrogens with zero attached hydrogens (tertiary/aromatic N) is 2. The Kier molecular flexibility index (Phi) is 2.90. The van der Waals surface area contributed by atoms with E-state index in [4.69, 9.17) is 9.58 Å². The van der Waals surface area contributed by atoms with Crippen molar-refractivity contribution < 1.29 is 4.18 Å². The van der Waals surface area contributed by atoms with Gasteiger partial charge in [-0.25, -0.2) is 0 Å². The van der Waals surface area contributed by atoms with Crippen LogP contribution in [0, 0.1) is 5.39 Å². The van der Waals surface area contributed by atoms with Gasteiger partial charge in [-0.05, 0) is 12.1 Å². The smallest absolute Gasteiger partial charge is 0.314 e. The van der Waals surface area contributed by atoms with Gasteiger partial charge in [0.05, 0.1) is 7.11 Å². The average molecular weight is 167 g/mol. The second kappa shape index (κ2) is 3.96. The van der Waals surface area contributed by atoms with Gasteiger partial charge in [0.25, 0.3) is 0 Å². The van der Waals surface area contributed by atoms with Crippen LogP contribution in [0.3, 0.4) is 0 Å². The minimum Gasteiger partial charge on any atom is -0.314 e. The van der Waals surface area contributed by atoms with E-state index in [-0.39, 0.29) is 0 Å². The van der Waals surface area contributed by atoms with Gasteiger partial charge in [-0.1, -0.05) is 0 Å². The maximum absolute atomic E-state index is 8.35. The van der Waals surface area contributed by atoms with Crippen molar-refractivity contribution in [3.05, 3.63) is 29.2 Å². The quantitative estimate of drug-likeness (QED) is 0.502. The Morgan fingerprint density at radius 3 is 2.45 bits per heavy atom. The molecule has 1 aromatic rings. The standard InChI is InChI=1S/C7H7N2OS/c1-10-11-7-4-2-6(9-8)3-5-7/h2-5H,1H3/q+1. The lowest BCUT2D eigenvalue weighted by molar-refractivity contribution is 0.490. The zero-order valence-electron chi connectivity index (χ0n) is 6.02. The summed E-state index contributed by atoms with van der Waals surface area (Å²) in [6, 6.07) is 7.06. The molecule has 3 nitrogen and oxygen atoms in total. The number of hydrogen-bond acceptors (Lipinski definition) is 3. The molecule has 0 fully saturated rings. The molecular formula is C7H7N2OS+. The third-order valence-corrected chi connectivity index (χ3v) is 1.76. The van der Waals surface area contributed by atoms with E-state index in [9.17, 15) is 0 Å². The lowest BCUT2D eigenvalue weighted by atomic mass is 10.3. The minimum atomic E-state index is 0.547. The monoisotopic (exact) mass is 167 g/mol. The second-order valence-corrected chi connectivity index (χ2v) is 2.82. The molecule has 4 heteroatoms. The highest BCUT2D eigenvalue weighted by atomic mass is 32.2. The molecule has 1 rings (SSSR count). The van der Waals surface area contributed by atoms with Crippen molar-refractivity contribution in [1.29, 1.82) is 5.39 Å². The zero-order valence-corrected chi connectivity index (χ0v) is 6.84. The molecule has 0 spiro atoms. The summed E-state index contributed by atoms with van der Waals surface area (Å²) in [5, 5.41) is 8.35. The first-order chi connectivity index (χ1) is 5.36. The fraction of sp³-hybridized carbons (Fsp3) is 0.143. The highest BCUT2D eigenvalue weighted by molar-refractivity contribution is 7.94. The van der Waals surface area contributed by atoms with Gasteiger partial charge in [-0.3, -0.25) is 0 Å². The van der Waals surface area contributed by atoms with Gasteiger partial charge in [0, 0.05) is 29.1 Å². The Balaban J connectivity index is 2.76. The van der Waals surface area contributed by atoms with Gasteiger partial charge in [-0.15, -0.1) is 0 Å². The first-order valence-electron chi connectivity index (χ1n) is 3.02. The first kappa shape index (κ1) is 8.05. The normalized spacial score (nSPS) is 9.09. The molecule has 0 atom stereocenters. The number of rotatable bonds is 2. The molecule has 56 valence electrons. The van der Waals surface area contributed by atoms with Crippen molar-refractivity contribution in [2.45, 2.75) is 4.90 Å². The minimum absolute atomic E-state index is 0.547. The van der Waals surface area contributed by atoms with Crippen molar-refractivity contribution in [3.63, 3.8) is 0 Å². The molecule has 0 saturated heterocycles. The van der Waals surface area contributed by atoms with Crippen LogP contribution in [0.4, 0.5) is 5.69 Å². The van der Waals surface area contributed by atoms with E-state index in [0.717, 1.165) is 4.90 Å². The summed E-state index contributed by atoms with van der Waals surface area (Å²) in [5.74, 6) is 0. The van der Waals surface area contributed by atoms with Crippen LogP contribution in [0.15, 0.2) is 29.2 Å². The highest BCUT2D eigenvalue weighted by Gasteiger charge is 2.01. The predicted molar refractivity (Wildman–Crippen MR) is 44.1 cm³/mol. The number of benzene rings is 1. The van der Waals surface area contributed by atoms with E-state index in [1.165, 1.54) is 12.0 Å². The van der Waals surface area contributed by atoms with Gasteiger partial charge in [-0.2, -0.15) is 0 Å². The average Bonchev–Trinajstić information content (AvgIpc) is 2.07. The summed E-state index contributed by atoms with van der Waals surface area (Å²) < 4.78 is 4.82. The molecule has 0 aliphatic rings. The van der Waals surface area contributed by atoms with E-state index < -0.39 is 0 Å². The SMILES string of the molecule is COSc1ccc([N+]#N)cc1. The second-order valence-electron chi connectivity index (χ2n) is 1.84. The molecule has 0 aliphatic carbocycles. The van der Waals surface area contributed by atoms with Gasteiger partial charge < -0.3 is 4.18 Å². The van der Waals surface area contributed by atoms with Gasteiger partial charge >= 0.3 is 5.69 Å². The molecule has 0 amide bonds. The zero-order chi connectivity index (χ0) is 8.10. The lowest BCUT2D eigenvalue weighted by Gasteiger charge is -1.92. The van der Waals surface area contributed by atoms with E-state index >= 15 is 0 Å². The fourth-order valence-corrected chi connectivity index (χ4v) is 1.10. The summed E-state index contributed by atoms with van der Waals surface area (Å²) in [4.78, 5) is 4.01. The molecule has 0 N–H and O–H groups in total. The van der Waals surface area contributed by atoms with Crippen molar-refractivity contribution in [2.24, 2.45) is 0 Å². The molecular weight excluding hydrogens is 160 g/mol. The van der Waals surface area contributed by atoms with Crippen LogP contribution in [0.1, 0.15) is 0 Å². The Labute approximate surface area is 69.2 Å². The molecule has 0 heterocycles. The van der Waals surface area contributed by atoms with Crippen molar-refractivity contribution in [1.82, 2.24) is 0 Å². The Bertz CT molecular complexity index is 265. The van der Waals surface area contributed by atoms with E-state index in [1.54, 1.807) is 19.2 Å². The molecule has 0 unspecified atom stereocenters. The topological polar surface area (TPSA) is 37.4 Å². The van der Waals surface area contributed by atoms with Crippen molar-refractivity contribution >= 4 is 17.7 Å². The first-order valence-corrected chi connectivity index (χ1v) is 3.77. The van der Waals surface area contributed by atoms with E-state index in [1.807, 2.05) is 12.1 Å². The third-order valence-electron chi connectivity index (χ3n) is 1.13. The van der Waals surface area contributed by atoms with Crippen LogP contribution >= 0.6 is 12.0 Å². The molecule has 0 aromatic heterocycles. The molecule has 1 aromatic carbocycles. The van der Waals surface area contributed by atoms with Gasteiger partial charge in [0.15, 0.2) is 4.98 Å². The van der Waals surface area contributed by atoms with Crippen LogP contribution in [0.25, 0.3) is 4.98 Å². The Morgan fingerprint density at radius 2 is 2.00 bits per heavy atom. The Hall–Kier alpha value is -1.05. The van der Waals surface area contributed by atoms with Gasteiger partial charge in [0.1, 0.15) is 0 Å². The van der Waals surface area contributed by atoms with E-state index in [0.29, 0.717) is 5.69 Å². The molecule has 11 heavy (non-hydrogen) atoms. The highest BCUT2D eigenvalue weighted by Crippen LogP contribution is 2.21. The summed E-state index contributed by atoms with van der Waals surface area (Å²) in [6.07, 6.45) is 0. The van der Waals surface area contributed by atoms with Crippen molar-refractivity contribution in [2.75, 3.05) is 7.11 Å². The van der Waals surface area contributed by atoms with Crippen LogP contribution < -0.4 is 0 Å². The summed E-state index contributed by atoms with van der Waals surface area (Å²) >= 11 is 1.27. The van der Waals surface area contributed by atoms with Crippen LogP contribution in [0.5, 0.6) is 0 Å². The maximum atomic E-state index is 8.35. The van der Waals surface area contributed by atoms with Crippen LogP contribution in [0.2, 0.25) is 0 Å². The molecule has 0 saturated carbocycles. The fourth-order valence-electron chi connectivity index (χ4n) is 0.665. The number of diazo groups is 1. The van der Waals surface area contributed by atoms with E-state index in [2.05, 4.69) is 4.98 Å². The Morgan fingerprint density at radius 1 is 1.36 bits per heavy atom. The number of hydrogen-bond donors (Lipinski definition) is 0. The summed E-state index contributed by atoms with van der Waals surface area (Å²) in [6.45, 7) is 0. The van der Waals surface area contributed by atoms with Crippen LogP contribution in [-0.4, -0.2) is 7.11 Å². The molecule has 0 radical (unpaired) electrons. The predicted octanol–water partition coefficient (Wildman–Crippen LogP) is 2.82. The van der Waals surface area contributed by atoms with Gasteiger partial charge in [0.2, 0.25) is 5.39 Å². The van der Waals surface area contributed by atoms with Crippen LogP contribution in [-0.2, 0) is 4.18 Å². The van der Waals surface area contributed by atoms with Crippen molar-refractivity contribution in [3.8, 4) is 0 Å². The molecule has 0 aliphatic heterocycles. The largest absolute Gasteiger partial charge is 0.385 e. The summed E-state index contributed by atoms with van der Waals surface area (Å²) in [7, 11) is 1.61. The third kappa shape index (κ3) is 2.22. The lowest BCUT2D eigenvalue weighted by Crippen LogP contribution is -1.69. The summed E-state index contributed by atoms with van der Waals surface area (Å²) in [5.41, 5.74) is 0.547.